The van der Waals surface area contributed by atoms with Gasteiger partial charge in [-0.25, -0.2) is 0 Å². The average molecular weight is 259 g/mol. The summed E-state index contributed by atoms with van der Waals surface area (Å²) in [7, 11) is 0. The van der Waals surface area contributed by atoms with E-state index < -0.39 is 0 Å². The van der Waals surface area contributed by atoms with Gasteiger partial charge in [0.2, 0.25) is 0 Å². The summed E-state index contributed by atoms with van der Waals surface area (Å²) in [5.41, 5.74) is 0.912. The largest absolute Gasteiger partial charge is 0.306 e. The molecule has 2 aromatic heterocycles. The lowest BCUT2D eigenvalue weighted by Crippen LogP contribution is -2.35. The summed E-state index contributed by atoms with van der Waals surface area (Å²) in [6.07, 6.45) is 3.23. The third-order valence-electron chi connectivity index (χ3n) is 3.88. The molecule has 1 N–H and O–H groups in total. The minimum Gasteiger partial charge on any atom is -0.306 e. The number of hydrogen-bond donors (Lipinski definition) is 1. The molecule has 0 aliphatic carbocycles. The molecule has 0 saturated carbocycles. The Bertz CT molecular complexity index is 548. The summed E-state index contributed by atoms with van der Waals surface area (Å²) >= 11 is 0. The number of nitrogens with zero attached hydrogens (tertiary/aromatic N) is 4. The molecule has 3 rings (SSSR count). The predicted octanol–water partition coefficient (Wildman–Crippen LogP) is 1.30. The smallest absolute Gasteiger partial charge is 0.160 e. The van der Waals surface area contributed by atoms with Gasteiger partial charge in [0.15, 0.2) is 11.5 Å². The molecule has 0 aromatic carbocycles. The molecule has 0 radical (unpaired) electrons. The zero-order valence-electron chi connectivity index (χ0n) is 11.6. The molecular weight excluding hydrogens is 238 g/mol. The highest BCUT2D eigenvalue weighted by molar-refractivity contribution is 5.36. The summed E-state index contributed by atoms with van der Waals surface area (Å²) < 4.78 is 2.04. The molecule has 5 heteroatoms. The standard InChI is InChI=1S/C14H21N5/c1-11(2)18-8-6-12(10-18)15-9-14-17-16-13-5-3-4-7-19(13)14/h3-5,7,11-12,15H,6,8-10H2,1-2H3. The minimum absolute atomic E-state index is 0.568. The summed E-state index contributed by atoms with van der Waals surface area (Å²) in [4.78, 5) is 2.51. The normalized spacial score (nSPS) is 20.7. The van der Waals surface area contributed by atoms with Gasteiger partial charge in [-0.1, -0.05) is 6.07 Å². The Labute approximate surface area is 113 Å². The van der Waals surface area contributed by atoms with Crippen molar-refractivity contribution in [1.82, 2.24) is 24.8 Å². The number of nitrogens with one attached hydrogen (secondary N) is 1. The van der Waals surface area contributed by atoms with Gasteiger partial charge in [-0.05, 0) is 38.9 Å². The fourth-order valence-electron chi connectivity index (χ4n) is 2.67. The first kappa shape index (κ1) is 12.6. The molecule has 0 bridgehead atoms. The number of pyridine rings is 1. The van der Waals surface area contributed by atoms with E-state index in [-0.39, 0.29) is 0 Å². The van der Waals surface area contributed by atoms with Crippen LogP contribution in [0, 0.1) is 0 Å². The van der Waals surface area contributed by atoms with Crippen molar-refractivity contribution >= 4 is 5.65 Å². The molecule has 0 amide bonds. The number of aromatic nitrogens is 3. The Kier molecular flexibility index (Phi) is 3.48. The van der Waals surface area contributed by atoms with E-state index in [1.807, 2.05) is 28.8 Å². The molecule has 1 aliphatic rings. The second-order valence-corrected chi connectivity index (χ2v) is 5.50. The zero-order chi connectivity index (χ0) is 13.2. The molecule has 2 aromatic rings. The summed E-state index contributed by atoms with van der Waals surface area (Å²) in [5, 5.41) is 12.0. The van der Waals surface area contributed by atoms with Crippen LogP contribution in [0.2, 0.25) is 0 Å². The van der Waals surface area contributed by atoms with Gasteiger partial charge in [0.1, 0.15) is 0 Å². The minimum atomic E-state index is 0.568. The van der Waals surface area contributed by atoms with E-state index in [4.69, 9.17) is 0 Å². The third kappa shape index (κ3) is 2.62. The number of likely N-dealkylation sites (tertiary alicyclic amines) is 1. The first-order chi connectivity index (χ1) is 9.24. The van der Waals surface area contributed by atoms with Crippen molar-refractivity contribution in [1.29, 1.82) is 0 Å². The Balaban J connectivity index is 1.61. The number of rotatable bonds is 4. The zero-order valence-corrected chi connectivity index (χ0v) is 11.6. The van der Waals surface area contributed by atoms with Crippen LogP contribution in [-0.4, -0.2) is 44.7 Å². The lowest BCUT2D eigenvalue weighted by atomic mass is 10.2. The molecule has 5 nitrogen and oxygen atoms in total. The second kappa shape index (κ2) is 5.27. The van der Waals surface area contributed by atoms with Crippen LogP contribution in [0.1, 0.15) is 26.1 Å². The van der Waals surface area contributed by atoms with E-state index in [0.29, 0.717) is 12.1 Å². The summed E-state index contributed by atoms with van der Waals surface area (Å²) in [6.45, 7) is 7.62. The van der Waals surface area contributed by atoms with Crippen LogP contribution in [0.5, 0.6) is 0 Å². The summed E-state index contributed by atoms with van der Waals surface area (Å²) in [5.74, 6) is 0.985. The van der Waals surface area contributed by atoms with E-state index in [1.165, 1.54) is 13.0 Å². The molecule has 1 unspecified atom stereocenters. The van der Waals surface area contributed by atoms with Gasteiger partial charge in [0.25, 0.3) is 0 Å². The quantitative estimate of drug-likeness (QED) is 0.899. The van der Waals surface area contributed by atoms with Crippen molar-refractivity contribution in [2.75, 3.05) is 13.1 Å². The van der Waals surface area contributed by atoms with E-state index >= 15 is 0 Å². The van der Waals surface area contributed by atoms with Crippen LogP contribution < -0.4 is 5.32 Å². The highest BCUT2D eigenvalue weighted by Gasteiger charge is 2.23. The van der Waals surface area contributed by atoms with E-state index in [0.717, 1.165) is 24.6 Å². The maximum atomic E-state index is 4.25. The maximum Gasteiger partial charge on any atom is 0.160 e. The van der Waals surface area contributed by atoms with Gasteiger partial charge < -0.3 is 5.32 Å². The van der Waals surface area contributed by atoms with E-state index in [2.05, 4.69) is 34.3 Å². The van der Waals surface area contributed by atoms with Crippen LogP contribution in [0.25, 0.3) is 5.65 Å². The predicted molar refractivity (Wildman–Crippen MR) is 74.9 cm³/mol. The Morgan fingerprint density at radius 1 is 1.37 bits per heavy atom. The van der Waals surface area contributed by atoms with Crippen molar-refractivity contribution in [3.63, 3.8) is 0 Å². The van der Waals surface area contributed by atoms with Crippen LogP contribution in [0.3, 0.4) is 0 Å². The molecule has 102 valence electrons. The Morgan fingerprint density at radius 3 is 3.05 bits per heavy atom. The average Bonchev–Trinajstić information content (AvgIpc) is 3.03. The molecule has 1 atom stereocenters. The fraction of sp³-hybridized carbons (Fsp3) is 0.571. The topological polar surface area (TPSA) is 45.5 Å². The number of hydrogen-bond acceptors (Lipinski definition) is 4. The number of fused-ring (bicyclic) bond motifs is 1. The maximum absolute atomic E-state index is 4.25. The van der Waals surface area contributed by atoms with E-state index in [1.54, 1.807) is 0 Å². The Hall–Kier alpha value is -1.46. The molecule has 19 heavy (non-hydrogen) atoms. The second-order valence-electron chi connectivity index (χ2n) is 5.50. The highest BCUT2D eigenvalue weighted by Crippen LogP contribution is 2.13. The van der Waals surface area contributed by atoms with Gasteiger partial charge >= 0.3 is 0 Å². The van der Waals surface area contributed by atoms with Crippen LogP contribution in [-0.2, 0) is 6.54 Å². The molecule has 0 spiro atoms. The molecule has 1 aliphatic heterocycles. The van der Waals surface area contributed by atoms with Crippen molar-refractivity contribution in [2.24, 2.45) is 0 Å². The fourth-order valence-corrected chi connectivity index (χ4v) is 2.67. The monoisotopic (exact) mass is 259 g/mol. The third-order valence-corrected chi connectivity index (χ3v) is 3.88. The lowest BCUT2D eigenvalue weighted by molar-refractivity contribution is 0.268. The summed E-state index contributed by atoms with van der Waals surface area (Å²) in [6, 6.07) is 7.18. The highest BCUT2D eigenvalue weighted by atomic mass is 15.3. The van der Waals surface area contributed by atoms with Gasteiger partial charge in [-0.3, -0.25) is 9.30 Å². The molecule has 1 saturated heterocycles. The van der Waals surface area contributed by atoms with Crippen molar-refractivity contribution in [3.05, 3.63) is 30.2 Å². The molecule has 3 heterocycles. The van der Waals surface area contributed by atoms with Crippen molar-refractivity contribution < 1.29 is 0 Å². The first-order valence-electron chi connectivity index (χ1n) is 7.00. The molecular formula is C14H21N5. The van der Waals surface area contributed by atoms with Crippen LogP contribution in [0.15, 0.2) is 24.4 Å². The first-order valence-corrected chi connectivity index (χ1v) is 7.00. The van der Waals surface area contributed by atoms with E-state index in [9.17, 15) is 0 Å². The lowest BCUT2D eigenvalue weighted by Gasteiger charge is -2.20. The SMILES string of the molecule is CC(C)N1CCC(NCc2nnc3ccccn23)C1. The van der Waals surface area contributed by atoms with Gasteiger partial charge in [0, 0.05) is 24.8 Å². The van der Waals surface area contributed by atoms with Gasteiger partial charge in [0.05, 0.1) is 6.54 Å². The van der Waals surface area contributed by atoms with Crippen molar-refractivity contribution in [2.45, 2.75) is 38.9 Å². The van der Waals surface area contributed by atoms with Crippen LogP contribution in [0.4, 0.5) is 0 Å². The van der Waals surface area contributed by atoms with Gasteiger partial charge in [-0.15, -0.1) is 10.2 Å². The van der Waals surface area contributed by atoms with Gasteiger partial charge in [-0.2, -0.15) is 0 Å². The van der Waals surface area contributed by atoms with Crippen LogP contribution >= 0.6 is 0 Å². The Morgan fingerprint density at radius 2 is 2.26 bits per heavy atom. The molecule has 1 fully saturated rings. The van der Waals surface area contributed by atoms with Crippen molar-refractivity contribution in [3.8, 4) is 0 Å².